The molecule has 4 aromatic rings. The quantitative estimate of drug-likeness (QED) is 0.258. The monoisotopic (exact) mass is 516 g/mol. The molecule has 0 unspecified atom stereocenters. The summed E-state index contributed by atoms with van der Waals surface area (Å²) in [6.45, 7) is 0.587. The van der Waals surface area contributed by atoms with Gasteiger partial charge < -0.3 is 4.57 Å². The SMILES string of the molecule is N#Cc1ccccc1Cn1cc(/C=C2/SC(=Nc3ccccc3)N(C3CCCCC3)C2=O)c2ccccc21. The molecule has 0 spiro atoms. The molecule has 1 amide bonds. The van der Waals surface area contributed by atoms with Crippen LogP contribution in [0.4, 0.5) is 5.69 Å². The van der Waals surface area contributed by atoms with Crippen LogP contribution in [0.3, 0.4) is 0 Å². The van der Waals surface area contributed by atoms with E-state index in [-0.39, 0.29) is 11.9 Å². The largest absolute Gasteiger partial charge is 0.342 e. The number of rotatable bonds is 5. The molecule has 0 bridgehead atoms. The average Bonchev–Trinajstić information content (AvgIpc) is 3.46. The maximum absolute atomic E-state index is 13.8. The normalized spacial score (nSPS) is 18.5. The molecule has 0 N–H and O–H groups in total. The fourth-order valence-corrected chi connectivity index (χ4v) is 6.50. The van der Waals surface area contributed by atoms with Gasteiger partial charge in [0.15, 0.2) is 5.17 Å². The fraction of sp³-hybridized carbons (Fsp3) is 0.219. The van der Waals surface area contributed by atoms with Crippen molar-refractivity contribution in [2.24, 2.45) is 4.99 Å². The number of carbonyl (C=O) groups excluding carboxylic acids is 1. The number of amides is 1. The Morgan fingerprint density at radius 2 is 1.68 bits per heavy atom. The van der Waals surface area contributed by atoms with Gasteiger partial charge in [0.1, 0.15) is 0 Å². The van der Waals surface area contributed by atoms with Crippen LogP contribution in [0.25, 0.3) is 17.0 Å². The summed E-state index contributed by atoms with van der Waals surface area (Å²) in [4.78, 5) is 21.4. The van der Waals surface area contributed by atoms with Gasteiger partial charge in [-0.25, -0.2) is 4.99 Å². The second-order valence-corrected chi connectivity index (χ2v) is 10.8. The molecule has 6 heteroatoms. The molecule has 0 atom stereocenters. The number of carbonyl (C=O) groups is 1. The zero-order chi connectivity index (χ0) is 25.9. The van der Waals surface area contributed by atoms with Crippen LogP contribution < -0.4 is 0 Å². The highest BCUT2D eigenvalue weighted by Gasteiger charge is 2.38. The number of hydrogen-bond donors (Lipinski definition) is 0. The smallest absolute Gasteiger partial charge is 0.267 e. The summed E-state index contributed by atoms with van der Waals surface area (Å²) in [7, 11) is 0. The van der Waals surface area contributed by atoms with E-state index in [1.807, 2.05) is 77.7 Å². The second-order valence-electron chi connectivity index (χ2n) is 9.81. The van der Waals surface area contributed by atoms with E-state index in [1.165, 1.54) is 18.2 Å². The van der Waals surface area contributed by atoms with Gasteiger partial charge in [-0.15, -0.1) is 0 Å². The van der Waals surface area contributed by atoms with Crippen LogP contribution in [-0.2, 0) is 11.3 Å². The van der Waals surface area contributed by atoms with E-state index in [1.54, 1.807) is 0 Å². The van der Waals surface area contributed by atoms with Crippen LogP contribution in [-0.4, -0.2) is 26.6 Å². The molecule has 1 aromatic heterocycles. The van der Waals surface area contributed by atoms with Crippen molar-refractivity contribution in [3.63, 3.8) is 0 Å². The Balaban J connectivity index is 1.39. The topological polar surface area (TPSA) is 61.4 Å². The summed E-state index contributed by atoms with van der Waals surface area (Å²) in [5.41, 5.74) is 4.58. The predicted molar refractivity (Wildman–Crippen MR) is 155 cm³/mol. The number of amidine groups is 1. The van der Waals surface area contributed by atoms with Crippen LogP contribution in [0.1, 0.15) is 48.8 Å². The lowest BCUT2D eigenvalue weighted by atomic mass is 9.94. The summed E-state index contributed by atoms with van der Waals surface area (Å²) in [5, 5.41) is 11.4. The predicted octanol–water partition coefficient (Wildman–Crippen LogP) is 7.50. The maximum Gasteiger partial charge on any atom is 0.267 e. The third-order valence-corrected chi connectivity index (χ3v) is 8.33. The minimum absolute atomic E-state index is 0.0447. The molecule has 6 rings (SSSR count). The summed E-state index contributed by atoms with van der Waals surface area (Å²) in [5.74, 6) is 0.0447. The Bertz CT molecular complexity index is 1590. The molecule has 2 aliphatic rings. The standard InChI is InChI=1S/C32H28N4OS/c33-20-23-11-7-8-12-24(23)21-35-22-25(28-17-9-10-18-29(28)35)19-30-31(37)36(27-15-5-2-6-16-27)32(38-30)34-26-13-3-1-4-14-26/h1,3-4,7-14,17-19,22,27H,2,5-6,15-16,21H2/b30-19+,34-32?. The van der Waals surface area contributed by atoms with Crippen molar-refractivity contribution in [1.82, 2.24) is 9.47 Å². The van der Waals surface area contributed by atoms with Gasteiger partial charge in [-0.05, 0) is 60.5 Å². The molecule has 1 saturated heterocycles. The molecular weight excluding hydrogens is 488 g/mol. The van der Waals surface area contributed by atoms with E-state index in [0.29, 0.717) is 17.0 Å². The molecule has 38 heavy (non-hydrogen) atoms. The first-order valence-electron chi connectivity index (χ1n) is 13.1. The molecule has 3 aromatic carbocycles. The van der Waals surface area contributed by atoms with E-state index in [4.69, 9.17) is 4.99 Å². The Hall–Kier alpha value is -4.08. The van der Waals surface area contributed by atoms with Crippen molar-refractivity contribution in [3.05, 3.63) is 107 Å². The third kappa shape index (κ3) is 4.78. The minimum Gasteiger partial charge on any atom is -0.342 e. The number of thioether (sulfide) groups is 1. The lowest BCUT2D eigenvalue weighted by Crippen LogP contribution is -2.40. The minimum atomic E-state index is 0.0447. The van der Waals surface area contributed by atoms with Crippen molar-refractivity contribution in [2.75, 3.05) is 0 Å². The van der Waals surface area contributed by atoms with Crippen molar-refractivity contribution in [1.29, 1.82) is 5.26 Å². The molecule has 188 valence electrons. The van der Waals surface area contributed by atoms with Gasteiger partial charge in [0, 0.05) is 35.2 Å². The van der Waals surface area contributed by atoms with Gasteiger partial charge in [-0.2, -0.15) is 5.26 Å². The maximum atomic E-state index is 13.8. The van der Waals surface area contributed by atoms with Gasteiger partial charge in [0.25, 0.3) is 5.91 Å². The first-order valence-corrected chi connectivity index (χ1v) is 14.0. The van der Waals surface area contributed by atoms with Crippen molar-refractivity contribution in [3.8, 4) is 6.07 Å². The van der Waals surface area contributed by atoms with E-state index in [9.17, 15) is 10.1 Å². The molecule has 1 saturated carbocycles. The second kappa shape index (κ2) is 10.7. The van der Waals surface area contributed by atoms with Crippen molar-refractivity contribution < 1.29 is 4.79 Å². The highest BCUT2D eigenvalue weighted by atomic mass is 32.2. The fourth-order valence-electron chi connectivity index (χ4n) is 5.45. The number of nitrogens with zero attached hydrogens (tertiary/aromatic N) is 4. The van der Waals surface area contributed by atoms with Crippen LogP contribution in [0.15, 0.2) is 95.0 Å². The van der Waals surface area contributed by atoms with E-state index in [0.717, 1.165) is 58.6 Å². The number of nitriles is 1. The highest BCUT2D eigenvalue weighted by Crippen LogP contribution is 2.39. The molecule has 2 heterocycles. The van der Waals surface area contributed by atoms with Gasteiger partial charge in [-0.3, -0.25) is 9.69 Å². The molecule has 5 nitrogen and oxygen atoms in total. The van der Waals surface area contributed by atoms with Crippen LogP contribution in [0, 0.1) is 11.3 Å². The number of para-hydroxylation sites is 2. The number of benzene rings is 3. The third-order valence-electron chi connectivity index (χ3n) is 7.34. The van der Waals surface area contributed by atoms with E-state index >= 15 is 0 Å². The first kappa shape index (κ1) is 24.3. The molecule has 1 aliphatic carbocycles. The van der Waals surface area contributed by atoms with Crippen LogP contribution >= 0.6 is 11.8 Å². The van der Waals surface area contributed by atoms with Crippen molar-refractivity contribution in [2.45, 2.75) is 44.7 Å². The van der Waals surface area contributed by atoms with Gasteiger partial charge in [0.2, 0.25) is 0 Å². The van der Waals surface area contributed by atoms with Crippen LogP contribution in [0.5, 0.6) is 0 Å². The molecular formula is C32H28N4OS. The number of aromatic nitrogens is 1. The summed E-state index contributed by atoms with van der Waals surface area (Å²) in [6, 6.07) is 28.3. The van der Waals surface area contributed by atoms with Crippen LogP contribution in [0.2, 0.25) is 0 Å². The Labute approximate surface area is 227 Å². The number of fused-ring (bicyclic) bond motifs is 1. The van der Waals surface area contributed by atoms with E-state index in [2.05, 4.69) is 29.0 Å². The summed E-state index contributed by atoms with van der Waals surface area (Å²) in [6.07, 6.45) is 9.68. The van der Waals surface area contributed by atoms with Crippen molar-refractivity contribution >= 4 is 45.5 Å². The molecule has 2 fully saturated rings. The van der Waals surface area contributed by atoms with Gasteiger partial charge in [0.05, 0.1) is 22.2 Å². The Kier molecular flexibility index (Phi) is 6.85. The lowest BCUT2D eigenvalue weighted by molar-refractivity contribution is -0.124. The number of aliphatic imine (C=N–C) groups is 1. The zero-order valence-electron chi connectivity index (χ0n) is 21.1. The molecule has 1 aliphatic heterocycles. The molecule has 0 radical (unpaired) electrons. The zero-order valence-corrected chi connectivity index (χ0v) is 21.9. The Morgan fingerprint density at radius 1 is 0.947 bits per heavy atom. The summed E-state index contributed by atoms with van der Waals surface area (Å²) >= 11 is 1.47. The number of hydrogen-bond acceptors (Lipinski definition) is 4. The first-order chi connectivity index (χ1) is 18.7. The average molecular weight is 517 g/mol. The highest BCUT2D eigenvalue weighted by molar-refractivity contribution is 8.18. The lowest BCUT2D eigenvalue weighted by Gasteiger charge is -2.30. The summed E-state index contributed by atoms with van der Waals surface area (Å²) < 4.78 is 2.17. The Morgan fingerprint density at radius 3 is 2.50 bits per heavy atom. The van der Waals surface area contributed by atoms with Gasteiger partial charge in [-0.1, -0.05) is 73.9 Å². The van der Waals surface area contributed by atoms with E-state index < -0.39 is 0 Å². The van der Waals surface area contributed by atoms with Gasteiger partial charge >= 0.3 is 0 Å².